The minimum Gasteiger partial charge on any atom is -0.463 e. The molecule has 1 aromatic heterocycles. The van der Waals surface area contributed by atoms with E-state index in [2.05, 4.69) is 31.8 Å². The Morgan fingerprint density at radius 3 is 2.90 bits per heavy atom. The summed E-state index contributed by atoms with van der Waals surface area (Å²) in [5, 5.41) is 0.178. The van der Waals surface area contributed by atoms with Crippen LogP contribution in [0, 0.1) is 0 Å². The van der Waals surface area contributed by atoms with Crippen molar-refractivity contribution in [3.8, 4) is 6.01 Å². The van der Waals surface area contributed by atoms with Crippen LogP contribution in [0.25, 0.3) is 0 Å². The SMILES string of the molecule is CCCOc1nc(Cl)nc(N(C)C2CCCN(C)C2)n1. The van der Waals surface area contributed by atoms with Crippen molar-refractivity contribution < 1.29 is 4.74 Å². The molecule has 2 heterocycles. The van der Waals surface area contributed by atoms with E-state index in [1.54, 1.807) is 0 Å². The first-order valence-corrected chi connectivity index (χ1v) is 7.43. The zero-order chi connectivity index (χ0) is 14.5. The molecule has 0 bridgehead atoms. The normalized spacial score (nSPS) is 19.9. The molecule has 7 heteroatoms. The molecule has 6 nitrogen and oxygen atoms in total. The lowest BCUT2D eigenvalue weighted by molar-refractivity contribution is 0.246. The van der Waals surface area contributed by atoms with Crippen molar-refractivity contribution >= 4 is 17.5 Å². The van der Waals surface area contributed by atoms with Gasteiger partial charge in [-0.2, -0.15) is 15.0 Å². The van der Waals surface area contributed by atoms with E-state index in [1.165, 1.54) is 6.42 Å². The van der Waals surface area contributed by atoms with Crippen LogP contribution in [0.3, 0.4) is 0 Å². The van der Waals surface area contributed by atoms with Gasteiger partial charge in [0.1, 0.15) is 0 Å². The van der Waals surface area contributed by atoms with Crippen molar-refractivity contribution in [2.45, 2.75) is 32.2 Å². The molecule has 0 aliphatic carbocycles. The van der Waals surface area contributed by atoms with Crippen molar-refractivity contribution in [2.24, 2.45) is 0 Å². The van der Waals surface area contributed by atoms with Crippen LogP contribution in [-0.4, -0.2) is 59.7 Å². The van der Waals surface area contributed by atoms with E-state index in [1.807, 2.05) is 14.0 Å². The third-order valence-corrected chi connectivity index (χ3v) is 3.64. The van der Waals surface area contributed by atoms with Crippen LogP contribution in [0.5, 0.6) is 6.01 Å². The van der Waals surface area contributed by atoms with E-state index in [4.69, 9.17) is 16.3 Å². The van der Waals surface area contributed by atoms with Crippen molar-refractivity contribution in [1.82, 2.24) is 19.9 Å². The number of likely N-dealkylation sites (tertiary alicyclic amines) is 1. The molecule has 2 rings (SSSR count). The van der Waals surface area contributed by atoms with Gasteiger partial charge in [-0.25, -0.2) is 0 Å². The van der Waals surface area contributed by atoms with Gasteiger partial charge >= 0.3 is 6.01 Å². The summed E-state index contributed by atoms with van der Waals surface area (Å²) < 4.78 is 5.45. The van der Waals surface area contributed by atoms with Crippen molar-refractivity contribution in [1.29, 1.82) is 0 Å². The molecule has 1 fully saturated rings. The first-order chi connectivity index (χ1) is 9.60. The average molecular weight is 300 g/mol. The van der Waals surface area contributed by atoms with Crippen molar-refractivity contribution in [3.63, 3.8) is 0 Å². The van der Waals surface area contributed by atoms with Gasteiger partial charge in [-0.3, -0.25) is 0 Å². The fourth-order valence-corrected chi connectivity index (χ4v) is 2.50. The number of ether oxygens (including phenoxy) is 1. The first-order valence-electron chi connectivity index (χ1n) is 7.06. The zero-order valence-corrected chi connectivity index (χ0v) is 13.1. The van der Waals surface area contributed by atoms with Crippen LogP contribution < -0.4 is 9.64 Å². The minimum absolute atomic E-state index is 0.178. The summed E-state index contributed by atoms with van der Waals surface area (Å²) in [6.45, 7) is 4.77. The number of hydrogen-bond acceptors (Lipinski definition) is 6. The Hall–Kier alpha value is -1.14. The Kier molecular flexibility index (Phi) is 5.37. The molecule has 112 valence electrons. The molecule has 1 atom stereocenters. The molecule has 0 N–H and O–H groups in total. The molecule has 1 aromatic rings. The van der Waals surface area contributed by atoms with Gasteiger partial charge in [0.2, 0.25) is 11.2 Å². The lowest BCUT2D eigenvalue weighted by atomic mass is 10.1. The third kappa shape index (κ3) is 3.93. The molecule has 0 aromatic carbocycles. The second kappa shape index (κ2) is 7.04. The van der Waals surface area contributed by atoms with Crippen LogP contribution in [0.15, 0.2) is 0 Å². The topological polar surface area (TPSA) is 54.4 Å². The van der Waals surface area contributed by atoms with Crippen LogP contribution in [-0.2, 0) is 0 Å². The number of halogens is 1. The molecule has 1 aliphatic heterocycles. The highest BCUT2D eigenvalue weighted by atomic mass is 35.5. The number of aromatic nitrogens is 3. The van der Waals surface area contributed by atoms with Crippen molar-refractivity contribution in [3.05, 3.63) is 5.28 Å². The van der Waals surface area contributed by atoms with Gasteiger partial charge < -0.3 is 14.5 Å². The maximum Gasteiger partial charge on any atom is 0.322 e. The maximum atomic E-state index is 5.96. The summed E-state index contributed by atoms with van der Waals surface area (Å²) in [6.07, 6.45) is 3.22. The monoisotopic (exact) mass is 299 g/mol. The summed E-state index contributed by atoms with van der Waals surface area (Å²) in [6, 6.07) is 0.698. The number of rotatable bonds is 5. The van der Waals surface area contributed by atoms with Gasteiger partial charge in [0.25, 0.3) is 0 Å². The van der Waals surface area contributed by atoms with Gasteiger partial charge in [-0.1, -0.05) is 6.92 Å². The van der Waals surface area contributed by atoms with Gasteiger partial charge in [-0.05, 0) is 44.5 Å². The number of likely N-dealkylation sites (N-methyl/N-ethyl adjacent to an activating group) is 2. The maximum absolute atomic E-state index is 5.96. The molecule has 20 heavy (non-hydrogen) atoms. The van der Waals surface area contributed by atoms with Crippen LogP contribution in [0.4, 0.5) is 5.95 Å². The van der Waals surface area contributed by atoms with E-state index in [0.717, 1.165) is 25.9 Å². The van der Waals surface area contributed by atoms with E-state index in [-0.39, 0.29) is 5.28 Å². The third-order valence-electron chi connectivity index (χ3n) is 3.47. The summed E-state index contributed by atoms with van der Waals surface area (Å²) in [7, 11) is 4.13. The number of piperidine rings is 1. The summed E-state index contributed by atoms with van der Waals surface area (Å²) in [5.41, 5.74) is 0. The second-order valence-corrected chi connectivity index (χ2v) is 5.54. The Labute approximate surface area is 125 Å². The highest BCUT2D eigenvalue weighted by Gasteiger charge is 2.23. The fraction of sp³-hybridized carbons (Fsp3) is 0.769. The van der Waals surface area contributed by atoms with Gasteiger partial charge in [0.15, 0.2) is 0 Å². The Balaban J connectivity index is 2.11. The molecule has 0 amide bonds. The van der Waals surface area contributed by atoms with E-state index >= 15 is 0 Å². The molecule has 1 saturated heterocycles. The average Bonchev–Trinajstić information content (AvgIpc) is 2.43. The zero-order valence-electron chi connectivity index (χ0n) is 12.3. The largest absolute Gasteiger partial charge is 0.463 e. The summed E-state index contributed by atoms with van der Waals surface area (Å²) in [5.74, 6) is 0.580. The highest BCUT2D eigenvalue weighted by Crippen LogP contribution is 2.20. The number of hydrogen-bond donors (Lipinski definition) is 0. The lowest BCUT2D eigenvalue weighted by Crippen LogP contribution is -2.45. The number of anilines is 1. The van der Waals surface area contributed by atoms with Gasteiger partial charge in [0, 0.05) is 19.6 Å². The van der Waals surface area contributed by atoms with Gasteiger partial charge in [-0.15, -0.1) is 0 Å². The Morgan fingerprint density at radius 2 is 2.20 bits per heavy atom. The first kappa shape index (κ1) is 15.3. The number of nitrogens with zero attached hydrogens (tertiary/aromatic N) is 5. The van der Waals surface area contributed by atoms with Crippen LogP contribution in [0.1, 0.15) is 26.2 Å². The molecule has 1 unspecified atom stereocenters. The molecule has 1 aliphatic rings. The summed E-state index contributed by atoms with van der Waals surface area (Å²) in [4.78, 5) is 17.0. The Morgan fingerprint density at radius 1 is 1.40 bits per heavy atom. The molecular weight excluding hydrogens is 278 g/mol. The molecule has 0 radical (unpaired) electrons. The van der Waals surface area contributed by atoms with E-state index in [9.17, 15) is 0 Å². The molecule has 0 spiro atoms. The van der Waals surface area contributed by atoms with Crippen molar-refractivity contribution in [2.75, 3.05) is 38.7 Å². The van der Waals surface area contributed by atoms with Crippen LogP contribution in [0.2, 0.25) is 5.28 Å². The quantitative estimate of drug-likeness (QED) is 0.827. The fourth-order valence-electron chi connectivity index (χ4n) is 2.36. The standard InChI is InChI=1S/C13H22ClN5O/c1-4-8-20-13-16-11(14)15-12(17-13)19(3)10-6-5-7-18(2)9-10/h10H,4-9H2,1-3H3. The highest BCUT2D eigenvalue weighted by molar-refractivity contribution is 6.28. The molecular formula is C13H22ClN5O. The Bertz CT molecular complexity index is 445. The smallest absolute Gasteiger partial charge is 0.322 e. The van der Waals surface area contributed by atoms with Crippen LogP contribution >= 0.6 is 11.6 Å². The lowest BCUT2D eigenvalue weighted by Gasteiger charge is -2.35. The minimum atomic E-state index is 0.178. The summed E-state index contributed by atoms with van der Waals surface area (Å²) >= 11 is 5.96. The van der Waals surface area contributed by atoms with E-state index in [0.29, 0.717) is 24.6 Å². The van der Waals surface area contributed by atoms with Gasteiger partial charge in [0.05, 0.1) is 6.61 Å². The predicted octanol–water partition coefficient (Wildman–Crippen LogP) is 1.84. The van der Waals surface area contributed by atoms with E-state index < -0.39 is 0 Å². The predicted molar refractivity (Wildman–Crippen MR) is 79.5 cm³/mol. The second-order valence-electron chi connectivity index (χ2n) is 5.20. The molecule has 0 saturated carbocycles.